The largest absolute Gasteiger partial charge is 0.469 e. The molecule has 0 amide bonds. The second-order valence-electron chi connectivity index (χ2n) is 3.89. The van der Waals surface area contributed by atoms with Crippen LogP contribution in [0.15, 0.2) is 18.2 Å². The van der Waals surface area contributed by atoms with Crippen molar-refractivity contribution in [2.75, 3.05) is 25.6 Å². The van der Waals surface area contributed by atoms with Crippen molar-refractivity contribution in [2.45, 2.75) is 12.8 Å². The zero-order chi connectivity index (χ0) is 10.8. The second-order valence-corrected chi connectivity index (χ2v) is 3.89. The first kappa shape index (κ1) is 10.0. The SMILES string of the molecule is COC(=O)Cc1ccc2c(c1)N(C)CC2. The lowest BCUT2D eigenvalue weighted by molar-refractivity contribution is -0.139. The summed E-state index contributed by atoms with van der Waals surface area (Å²) >= 11 is 0. The summed E-state index contributed by atoms with van der Waals surface area (Å²) < 4.78 is 4.65. The molecule has 1 heterocycles. The standard InChI is InChI=1S/C12H15NO2/c1-13-6-5-10-4-3-9(7-11(10)13)8-12(14)15-2/h3-4,7H,5-6,8H2,1-2H3. The van der Waals surface area contributed by atoms with Gasteiger partial charge in [-0.05, 0) is 23.6 Å². The topological polar surface area (TPSA) is 29.5 Å². The summed E-state index contributed by atoms with van der Waals surface area (Å²) in [7, 11) is 3.50. The highest BCUT2D eigenvalue weighted by Crippen LogP contribution is 2.27. The molecule has 1 aromatic carbocycles. The number of hydrogen-bond donors (Lipinski definition) is 0. The van der Waals surface area contributed by atoms with E-state index in [4.69, 9.17) is 0 Å². The maximum absolute atomic E-state index is 11.1. The molecular formula is C12H15NO2. The molecule has 0 aromatic heterocycles. The average Bonchev–Trinajstić information content (AvgIpc) is 2.60. The Morgan fingerprint density at radius 3 is 3.07 bits per heavy atom. The number of methoxy groups -OCH3 is 1. The van der Waals surface area contributed by atoms with Crippen molar-refractivity contribution in [1.29, 1.82) is 0 Å². The van der Waals surface area contributed by atoms with E-state index in [2.05, 4.69) is 28.8 Å². The van der Waals surface area contributed by atoms with Gasteiger partial charge in [0.15, 0.2) is 0 Å². The maximum atomic E-state index is 11.1. The Bertz CT molecular complexity index is 387. The number of fused-ring (bicyclic) bond motifs is 1. The van der Waals surface area contributed by atoms with Gasteiger partial charge in [0.2, 0.25) is 0 Å². The zero-order valence-corrected chi connectivity index (χ0v) is 9.12. The Balaban J connectivity index is 2.21. The van der Waals surface area contributed by atoms with Crippen LogP contribution in [0.4, 0.5) is 5.69 Å². The fourth-order valence-electron chi connectivity index (χ4n) is 1.93. The van der Waals surface area contributed by atoms with E-state index in [9.17, 15) is 4.79 Å². The molecule has 0 saturated heterocycles. The van der Waals surface area contributed by atoms with Crippen LogP contribution in [0, 0.1) is 0 Å². The van der Waals surface area contributed by atoms with Crippen LogP contribution < -0.4 is 4.90 Å². The zero-order valence-electron chi connectivity index (χ0n) is 9.12. The van der Waals surface area contributed by atoms with E-state index in [0.717, 1.165) is 18.5 Å². The van der Waals surface area contributed by atoms with Gasteiger partial charge < -0.3 is 9.64 Å². The third-order valence-corrected chi connectivity index (χ3v) is 2.85. The highest BCUT2D eigenvalue weighted by molar-refractivity contribution is 5.73. The number of anilines is 1. The van der Waals surface area contributed by atoms with Crippen LogP contribution in [0.5, 0.6) is 0 Å². The van der Waals surface area contributed by atoms with Gasteiger partial charge in [-0.15, -0.1) is 0 Å². The van der Waals surface area contributed by atoms with Crippen LogP contribution >= 0.6 is 0 Å². The lowest BCUT2D eigenvalue weighted by Gasteiger charge is -2.12. The number of hydrogen-bond acceptors (Lipinski definition) is 3. The Morgan fingerprint density at radius 1 is 1.53 bits per heavy atom. The van der Waals surface area contributed by atoms with Gasteiger partial charge in [0.1, 0.15) is 0 Å². The molecule has 0 radical (unpaired) electrons. The normalized spacial score (nSPS) is 13.9. The van der Waals surface area contributed by atoms with Gasteiger partial charge in [-0.1, -0.05) is 12.1 Å². The number of benzene rings is 1. The highest BCUT2D eigenvalue weighted by atomic mass is 16.5. The number of ether oxygens (including phenoxy) is 1. The van der Waals surface area contributed by atoms with E-state index >= 15 is 0 Å². The van der Waals surface area contributed by atoms with Crippen LogP contribution in [0.1, 0.15) is 11.1 Å². The van der Waals surface area contributed by atoms with Gasteiger partial charge in [0.05, 0.1) is 13.5 Å². The number of esters is 1. The minimum atomic E-state index is -0.185. The first-order chi connectivity index (χ1) is 7.20. The Labute approximate surface area is 89.7 Å². The van der Waals surface area contributed by atoms with Gasteiger partial charge in [0.25, 0.3) is 0 Å². The second kappa shape index (κ2) is 3.93. The first-order valence-corrected chi connectivity index (χ1v) is 5.10. The Kier molecular flexibility index (Phi) is 2.62. The maximum Gasteiger partial charge on any atom is 0.309 e. The molecule has 3 nitrogen and oxygen atoms in total. The third kappa shape index (κ3) is 1.96. The summed E-state index contributed by atoms with van der Waals surface area (Å²) in [6.07, 6.45) is 1.46. The summed E-state index contributed by atoms with van der Waals surface area (Å²) in [6.45, 7) is 1.07. The smallest absolute Gasteiger partial charge is 0.309 e. The van der Waals surface area contributed by atoms with Gasteiger partial charge in [-0.25, -0.2) is 0 Å². The third-order valence-electron chi connectivity index (χ3n) is 2.85. The molecule has 0 atom stereocenters. The molecule has 0 N–H and O–H groups in total. The van der Waals surface area contributed by atoms with Crippen molar-refractivity contribution >= 4 is 11.7 Å². The van der Waals surface area contributed by atoms with Crippen LogP contribution in [0.25, 0.3) is 0 Å². The number of carbonyl (C=O) groups excluding carboxylic acids is 1. The molecule has 15 heavy (non-hydrogen) atoms. The number of carbonyl (C=O) groups is 1. The van der Waals surface area contributed by atoms with E-state index in [1.165, 1.54) is 18.4 Å². The van der Waals surface area contributed by atoms with Crippen molar-refractivity contribution in [2.24, 2.45) is 0 Å². The summed E-state index contributed by atoms with van der Waals surface area (Å²) in [5, 5.41) is 0. The van der Waals surface area contributed by atoms with Crippen molar-refractivity contribution in [3.63, 3.8) is 0 Å². The van der Waals surface area contributed by atoms with E-state index in [-0.39, 0.29) is 5.97 Å². The van der Waals surface area contributed by atoms with Crippen LogP contribution in [0.2, 0.25) is 0 Å². The van der Waals surface area contributed by atoms with Crippen molar-refractivity contribution in [3.8, 4) is 0 Å². The minimum absolute atomic E-state index is 0.185. The number of nitrogens with zero attached hydrogens (tertiary/aromatic N) is 1. The summed E-state index contributed by atoms with van der Waals surface area (Å²) in [6, 6.07) is 6.20. The van der Waals surface area contributed by atoms with Crippen molar-refractivity contribution < 1.29 is 9.53 Å². The summed E-state index contributed by atoms with van der Waals surface area (Å²) in [5.41, 5.74) is 3.64. The first-order valence-electron chi connectivity index (χ1n) is 5.10. The molecule has 1 aromatic rings. The lowest BCUT2D eigenvalue weighted by atomic mass is 10.1. The monoisotopic (exact) mass is 205 g/mol. The van der Waals surface area contributed by atoms with Crippen molar-refractivity contribution in [3.05, 3.63) is 29.3 Å². The average molecular weight is 205 g/mol. The summed E-state index contributed by atoms with van der Waals surface area (Å²) in [4.78, 5) is 13.3. The Hall–Kier alpha value is -1.51. The van der Waals surface area contributed by atoms with E-state index in [1.54, 1.807) is 0 Å². The molecule has 1 aliphatic heterocycles. The molecule has 2 rings (SSSR count). The van der Waals surface area contributed by atoms with Gasteiger partial charge in [0, 0.05) is 19.3 Å². The predicted octanol–water partition coefficient (Wildman–Crippen LogP) is 1.39. The fraction of sp³-hybridized carbons (Fsp3) is 0.417. The molecule has 80 valence electrons. The predicted molar refractivity (Wildman–Crippen MR) is 59.1 cm³/mol. The van der Waals surface area contributed by atoms with Crippen LogP contribution in [-0.2, 0) is 22.4 Å². The molecule has 1 aliphatic rings. The molecule has 0 spiro atoms. The highest BCUT2D eigenvalue weighted by Gasteiger charge is 2.16. The Morgan fingerprint density at radius 2 is 2.33 bits per heavy atom. The van der Waals surface area contributed by atoms with E-state index < -0.39 is 0 Å². The van der Waals surface area contributed by atoms with Crippen molar-refractivity contribution in [1.82, 2.24) is 0 Å². The summed E-state index contributed by atoms with van der Waals surface area (Å²) in [5.74, 6) is -0.185. The number of likely N-dealkylation sites (N-methyl/N-ethyl adjacent to an activating group) is 1. The molecule has 0 unspecified atom stereocenters. The van der Waals surface area contributed by atoms with Gasteiger partial charge in [-0.3, -0.25) is 4.79 Å². The lowest BCUT2D eigenvalue weighted by Crippen LogP contribution is -2.13. The van der Waals surface area contributed by atoms with Gasteiger partial charge in [-0.2, -0.15) is 0 Å². The molecule has 0 bridgehead atoms. The minimum Gasteiger partial charge on any atom is -0.469 e. The molecule has 0 saturated carbocycles. The van der Waals surface area contributed by atoms with Crippen LogP contribution in [0.3, 0.4) is 0 Å². The quantitative estimate of drug-likeness (QED) is 0.683. The molecule has 0 fully saturated rings. The molecule has 3 heteroatoms. The van der Waals surface area contributed by atoms with E-state index in [0.29, 0.717) is 6.42 Å². The van der Waals surface area contributed by atoms with Crippen LogP contribution in [-0.4, -0.2) is 26.7 Å². The molecule has 0 aliphatic carbocycles. The fourth-order valence-corrected chi connectivity index (χ4v) is 1.93. The van der Waals surface area contributed by atoms with E-state index in [1.807, 2.05) is 6.07 Å². The van der Waals surface area contributed by atoms with Gasteiger partial charge >= 0.3 is 5.97 Å². The molecular weight excluding hydrogens is 190 g/mol. The number of rotatable bonds is 2.